The molecule has 21 heavy (non-hydrogen) atoms. The number of rotatable bonds is 2. The van der Waals surface area contributed by atoms with Gasteiger partial charge in [-0.1, -0.05) is 11.6 Å². The third-order valence-electron chi connectivity index (χ3n) is 2.39. The van der Waals surface area contributed by atoms with Crippen molar-refractivity contribution in [2.24, 2.45) is 0 Å². The molecule has 2 aromatic rings. The van der Waals surface area contributed by atoms with Crippen LogP contribution in [0.5, 0.6) is 11.6 Å². The highest BCUT2D eigenvalue weighted by molar-refractivity contribution is 6.31. The Bertz CT molecular complexity index is 725. The van der Waals surface area contributed by atoms with Gasteiger partial charge in [0.2, 0.25) is 5.88 Å². The van der Waals surface area contributed by atoms with Crippen LogP contribution in [0.25, 0.3) is 0 Å². The summed E-state index contributed by atoms with van der Waals surface area (Å²) in [5, 5.41) is 8.59. The number of aromatic nitrogens is 1. The number of halogens is 5. The van der Waals surface area contributed by atoms with Gasteiger partial charge in [0.15, 0.2) is 0 Å². The molecule has 0 aliphatic carbocycles. The molecule has 0 bridgehead atoms. The SMILES string of the molecule is N#Cc1cnc(Oc2ccc(F)c(C(F)(F)F)c2)c(Cl)c1. The highest BCUT2D eigenvalue weighted by atomic mass is 35.5. The third kappa shape index (κ3) is 3.41. The second kappa shape index (κ2) is 5.58. The first-order valence-corrected chi connectivity index (χ1v) is 5.79. The number of nitrogens with zero attached hydrogens (tertiary/aromatic N) is 2. The van der Waals surface area contributed by atoms with Crippen molar-refractivity contribution in [3.8, 4) is 17.7 Å². The molecule has 8 heteroatoms. The predicted molar refractivity (Wildman–Crippen MR) is 65.4 cm³/mol. The summed E-state index contributed by atoms with van der Waals surface area (Å²) in [4.78, 5) is 3.71. The molecular weight excluding hydrogens is 312 g/mol. The molecule has 0 radical (unpaired) electrons. The van der Waals surface area contributed by atoms with Crippen molar-refractivity contribution in [2.75, 3.05) is 0 Å². The van der Waals surface area contributed by atoms with Crippen LogP contribution in [-0.4, -0.2) is 4.98 Å². The van der Waals surface area contributed by atoms with Gasteiger partial charge < -0.3 is 4.74 Å². The molecule has 0 aliphatic heterocycles. The summed E-state index contributed by atoms with van der Waals surface area (Å²) < 4.78 is 55.9. The highest BCUT2D eigenvalue weighted by Gasteiger charge is 2.34. The third-order valence-corrected chi connectivity index (χ3v) is 2.67. The fourth-order valence-corrected chi connectivity index (χ4v) is 1.66. The molecule has 0 fully saturated rings. The smallest absolute Gasteiger partial charge is 0.419 e. The van der Waals surface area contributed by atoms with E-state index in [1.807, 2.05) is 0 Å². The maximum absolute atomic E-state index is 13.1. The van der Waals surface area contributed by atoms with Gasteiger partial charge in [0, 0.05) is 6.20 Å². The van der Waals surface area contributed by atoms with E-state index in [2.05, 4.69) is 4.98 Å². The lowest BCUT2D eigenvalue weighted by molar-refractivity contribution is -0.140. The van der Waals surface area contributed by atoms with Gasteiger partial charge in [-0.25, -0.2) is 9.37 Å². The fourth-order valence-electron chi connectivity index (χ4n) is 1.46. The Hall–Kier alpha value is -2.33. The number of hydrogen-bond donors (Lipinski definition) is 0. The van der Waals surface area contributed by atoms with Gasteiger partial charge in [-0.05, 0) is 24.3 Å². The molecule has 0 aliphatic rings. The molecule has 0 amide bonds. The zero-order chi connectivity index (χ0) is 15.6. The standard InChI is InChI=1S/C13H5ClF4N2O/c14-10-3-7(5-19)6-20-12(10)21-8-1-2-11(15)9(4-8)13(16,17)18/h1-4,6H. The first kappa shape index (κ1) is 15.1. The number of benzene rings is 1. The Morgan fingerprint density at radius 2 is 1.95 bits per heavy atom. The number of alkyl halides is 3. The molecule has 0 unspecified atom stereocenters. The van der Waals surface area contributed by atoms with Crippen LogP contribution in [0.1, 0.15) is 11.1 Å². The molecule has 2 rings (SSSR count). The van der Waals surface area contributed by atoms with Crippen LogP contribution in [0.2, 0.25) is 5.02 Å². The van der Waals surface area contributed by atoms with E-state index in [9.17, 15) is 17.6 Å². The lowest BCUT2D eigenvalue weighted by Crippen LogP contribution is -2.08. The normalized spacial score (nSPS) is 11.0. The van der Waals surface area contributed by atoms with E-state index in [1.165, 1.54) is 6.07 Å². The molecule has 1 heterocycles. The van der Waals surface area contributed by atoms with Crippen LogP contribution in [0.15, 0.2) is 30.5 Å². The minimum Gasteiger partial charge on any atom is -0.438 e. The zero-order valence-corrected chi connectivity index (χ0v) is 10.8. The Balaban J connectivity index is 2.35. The van der Waals surface area contributed by atoms with Crippen molar-refractivity contribution in [3.05, 3.63) is 52.4 Å². The van der Waals surface area contributed by atoms with E-state index in [0.717, 1.165) is 12.3 Å². The first-order valence-electron chi connectivity index (χ1n) is 5.41. The summed E-state index contributed by atoms with van der Waals surface area (Å²) in [6.07, 6.45) is -3.69. The van der Waals surface area contributed by atoms with Gasteiger partial charge in [0.25, 0.3) is 0 Å². The van der Waals surface area contributed by atoms with E-state index in [4.69, 9.17) is 21.6 Å². The topological polar surface area (TPSA) is 45.9 Å². The van der Waals surface area contributed by atoms with E-state index in [0.29, 0.717) is 12.1 Å². The number of ether oxygens (including phenoxy) is 1. The Labute approximate surface area is 121 Å². The average Bonchev–Trinajstić information content (AvgIpc) is 2.41. The highest BCUT2D eigenvalue weighted by Crippen LogP contribution is 2.35. The van der Waals surface area contributed by atoms with Gasteiger partial charge in [-0.3, -0.25) is 0 Å². The summed E-state index contributed by atoms with van der Waals surface area (Å²) >= 11 is 5.78. The summed E-state index contributed by atoms with van der Waals surface area (Å²) in [7, 11) is 0. The molecule has 108 valence electrons. The Kier molecular flexibility index (Phi) is 4.00. The maximum Gasteiger partial charge on any atom is 0.419 e. The van der Waals surface area contributed by atoms with Gasteiger partial charge in [-0.15, -0.1) is 0 Å². The van der Waals surface area contributed by atoms with E-state index in [-0.39, 0.29) is 22.2 Å². The van der Waals surface area contributed by atoms with Crippen LogP contribution in [0, 0.1) is 17.1 Å². The summed E-state index contributed by atoms with van der Waals surface area (Å²) in [6.45, 7) is 0. The van der Waals surface area contributed by atoms with E-state index >= 15 is 0 Å². The minimum atomic E-state index is -4.84. The molecular formula is C13H5ClF4N2O. The van der Waals surface area contributed by atoms with Crippen LogP contribution in [0.3, 0.4) is 0 Å². The largest absolute Gasteiger partial charge is 0.438 e. The molecule has 0 atom stereocenters. The quantitative estimate of drug-likeness (QED) is 0.763. The van der Waals surface area contributed by atoms with E-state index < -0.39 is 17.6 Å². The summed E-state index contributed by atoms with van der Waals surface area (Å²) in [5.41, 5.74) is -1.28. The second-order valence-corrected chi connectivity index (χ2v) is 4.27. The zero-order valence-electron chi connectivity index (χ0n) is 10.1. The van der Waals surface area contributed by atoms with Crippen molar-refractivity contribution < 1.29 is 22.3 Å². The van der Waals surface area contributed by atoms with Crippen molar-refractivity contribution >= 4 is 11.6 Å². The maximum atomic E-state index is 13.1. The second-order valence-electron chi connectivity index (χ2n) is 3.86. The van der Waals surface area contributed by atoms with Crippen LogP contribution < -0.4 is 4.74 Å². The minimum absolute atomic E-state index is 0.0491. The molecule has 3 nitrogen and oxygen atoms in total. The Morgan fingerprint density at radius 3 is 2.52 bits per heavy atom. The fraction of sp³-hybridized carbons (Fsp3) is 0.0769. The molecule has 1 aromatic carbocycles. The van der Waals surface area contributed by atoms with Crippen LogP contribution in [0.4, 0.5) is 17.6 Å². The Morgan fingerprint density at radius 1 is 1.24 bits per heavy atom. The van der Waals surface area contributed by atoms with Crippen molar-refractivity contribution in [1.82, 2.24) is 4.98 Å². The lowest BCUT2D eigenvalue weighted by Gasteiger charge is -2.11. The van der Waals surface area contributed by atoms with Gasteiger partial charge in [0.05, 0.1) is 11.1 Å². The van der Waals surface area contributed by atoms with Crippen molar-refractivity contribution in [2.45, 2.75) is 6.18 Å². The van der Waals surface area contributed by atoms with Gasteiger partial charge >= 0.3 is 6.18 Å². The van der Waals surface area contributed by atoms with Crippen molar-refractivity contribution in [1.29, 1.82) is 5.26 Å². The monoisotopic (exact) mass is 316 g/mol. The first-order chi connectivity index (χ1) is 9.81. The summed E-state index contributed by atoms with van der Waals surface area (Å²) in [6, 6.07) is 5.20. The van der Waals surface area contributed by atoms with E-state index in [1.54, 1.807) is 6.07 Å². The lowest BCUT2D eigenvalue weighted by atomic mass is 10.2. The van der Waals surface area contributed by atoms with Gasteiger partial charge in [0.1, 0.15) is 22.7 Å². The number of nitriles is 1. The number of hydrogen-bond acceptors (Lipinski definition) is 3. The molecule has 0 spiro atoms. The van der Waals surface area contributed by atoms with Crippen LogP contribution in [-0.2, 0) is 6.18 Å². The number of pyridine rings is 1. The summed E-state index contributed by atoms with van der Waals surface area (Å²) in [5.74, 6) is -1.87. The molecule has 0 saturated heterocycles. The van der Waals surface area contributed by atoms with Gasteiger partial charge in [-0.2, -0.15) is 18.4 Å². The van der Waals surface area contributed by atoms with Crippen LogP contribution >= 0.6 is 11.6 Å². The average molecular weight is 317 g/mol. The van der Waals surface area contributed by atoms with Crippen molar-refractivity contribution in [3.63, 3.8) is 0 Å². The molecule has 1 aromatic heterocycles. The molecule has 0 saturated carbocycles. The predicted octanol–water partition coefficient (Wildman–Crippen LogP) is 4.56. The molecule has 0 N–H and O–H groups in total.